The Morgan fingerprint density at radius 1 is 0.826 bits per heavy atom. The van der Waals surface area contributed by atoms with E-state index < -0.39 is 0 Å². The van der Waals surface area contributed by atoms with Gasteiger partial charge in [-0.15, -0.1) is 0 Å². The third-order valence-corrected chi connectivity index (χ3v) is 9.21. The van der Waals surface area contributed by atoms with Crippen molar-refractivity contribution in [3.63, 3.8) is 0 Å². The Morgan fingerprint density at radius 3 is 2.26 bits per heavy atom. The fraction of sp³-hybridized carbons (Fsp3) is 1.00. The van der Waals surface area contributed by atoms with Gasteiger partial charge in [-0.3, -0.25) is 0 Å². The third kappa shape index (κ3) is 2.27. The minimum atomic E-state index is -0.0110. The van der Waals surface area contributed by atoms with Crippen molar-refractivity contribution < 1.29 is 5.11 Å². The molecule has 2 heteroatoms. The van der Waals surface area contributed by atoms with E-state index in [1.54, 1.807) is 0 Å². The molecule has 1 N–H and O–H groups in total. The van der Waals surface area contributed by atoms with Crippen molar-refractivity contribution in [3.05, 3.63) is 0 Å². The van der Waals surface area contributed by atoms with Crippen molar-refractivity contribution in [2.24, 2.45) is 34.5 Å². The van der Waals surface area contributed by atoms with Crippen molar-refractivity contribution in [3.8, 4) is 0 Å². The van der Waals surface area contributed by atoms with Gasteiger partial charge in [0.2, 0.25) is 0 Å². The summed E-state index contributed by atoms with van der Waals surface area (Å²) in [6, 6.07) is 0.798. The molecular formula is C21H37NO. The maximum Gasteiger partial charge on any atom is 0.0543 e. The van der Waals surface area contributed by atoms with Crippen LogP contribution in [-0.2, 0) is 0 Å². The molecule has 0 saturated heterocycles. The molecule has 8 atom stereocenters. The lowest BCUT2D eigenvalue weighted by Gasteiger charge is -2.61. The van der Waals surface area contributed by atoms with Gasteiger partial charge in [-0.05, 0) is 106 Å². The van der Waals surface area contributed by atoms with Crippen LogP contribution in [0, 0.1) is 34.5 Å². The molecule has 0 spiro atoms. The molecule has 4 aliphatic carbocycles. The average Bonchev–Trinajstić information content (AvgIpc) is 2.85. The highest BCUT2D eigenvalue weighted by Crippen LogP contribution is 2.66. The number of hydrogen-bond donors (Lipinski definition) is 1. The smallest absolute Gasteiger partial charge is 0.0543 e. The van der Waals surface area contributed by atoms with E-state index in [1.165, 1.54) is 44.9 Å². The van der Waals surface area contributed by atoms with Crippen molar-refractivity contribution in [1.29, 1.82) is 0 Å². The molecule has 4 rings (SSSR count). The van der Waals surface area contributed by atoms with Gasteiger partial charge in [-0.1, -0.05) is 13.8 Å². The average molecular weight is 320 g/mol. The second-order valence-corrected chi connectivity index (χ2v) is 10.2. The van der Waals surface area contributed by atoms with Gasteiger partial charge >= 0.3 is 0 Å². The molecule has 0 aromatic carbocycles. The number of aliphatic hydroxyl groups excluding tert-OH is 1. The molecule has 0 unspecified atom stereocenters. The fourth-order valence-corrected chi connectivity index (χ4v) is 8.06. The Labute approximate surface area is 143 Å². The maximum atomic E-state index is 10.1. The Hall–Kier alpha value is -0.0800. The number of nitrogens with zero attached hydrogens (tertiary/aromatic N) is 1. The zero-order valence-corrected chi connectivity index (χ0v) is 15.7. The molecule has 23 heavy (non-hydrogen) atoms. The highest BCUT2D eigenvalue weighted by Gasteiger charge is 2.60. The van der Waals surface area contributed by atoms with Crippen molar-refractivity contribution in [1.82, 2.24) is 4.90 Å². The van der Waals surface area contributed by atoms with Gasteiger partial charge in [0, 0.05) is 6.04 Å². The molecule has 0 aliphatic heterocycles. The lowest BCUT2D eigenvalue weighted by atomic mass is 9.45. The second kappa shape index (κ2) is 5.46. The van der Waals surface area contributed by atoms with Gasteiger partial charge in [0.15, 0.2) is 0 Å². The van der Waals surface area contributed by atoms with Crippen LogP contribution in [0.2, 0.25) is 0 Å². The Morgan fingerprint density at radius 2 is 1.52 bits per heavy atom. The SMILES string of the molecule is CN(C)[C@H]1CC[C@H]2[C@@H]3CC[C@H]4C[C@@H](O)CC[C@]4(C)[C@H]3CC[C@]12C. The second-order valence-electron chi connectivity index (χ2n) is 10.2. The predicted octanol–water partition coefficient (Wildman–Crippen LogP) is 4.32. The van der Waals surface area contributed by atoms with Crippen LogP contribution < -0.4 is 0 Å². The summed E-state index contributed by atoms with van der Waals surface area (Å²) in [7, 11) is 4.59. The monoisotopic (exact) mass is 319 g/mol. The first-order chi connectivity index (χ1) is 10.9. The standard InChI is InChI=1S/C21H37NO/c1-20-11-9-15(23)13-14(20)5-6-16-17-7-8-19(22(3)4)21(17,2)12-10-18(16)20/h14-19,23H,5-13H2,1-4H3/t14-,15-,16-,17-,18-,19-,20-,21-/m0/s1. The molecule has 0 amide bonds. The normalized spacial score (nSPS) is 56.1. The van der Waals surface area contributed by atoms with E-state index in [0.29, 0.717) is 10.8 Å². The van der Waals surface area contributed by atoms with Crippen LogP contribution in [0.15, 0.2) is 0 Å². The zero-order chi connectivity index (χ0) is 16.4. The highest BCUT2D eigenvalue weighted by atomic mass is 16.3. The molecular weight excluding hydrogens is 282 g/mol. The van der Waals surface area contributed by atoms with Crippen LogP contribution in [0.25, 0.3) is 0 Å². The summed E-state index contributed by atoms with van der Waals surface area (Å²) in [4.78, 5) is 2.52. The lowest BCUT2D eigenvalue weighted by Crippen LogP contribution is -2.55. The van der Waals surface area contributed by atoms with E-state index in [-0.39, 0.29) is 6.10 Å². The van der Waals surface area contributed by atoms with Crippen molar-refractivity contribution >= 4 is 0 Å². The van der Waals surface area contributed by atoms with E-state index in [9.17, 15) is 5.11 Å². The van der Waals surface area contributed by atoms with E-state index in [0.717, 1.165) is 42.6 Å². The zero-order valence-electron chi connectivity index (χ0n) is 15.7. The fourth-order valence-electron chi connectivity index (χ4n) is 8.06. The first kappa shape index (κ1) is 16.4. The number of fused-ring (bicyclic) bond motifs is 5. The van der Waals surface area contributed by atoms with Crippen molar-refractivity contribution in [2.75, 3.05) is 14.1 Å². The van der Waals surface area contributed by atoms with Gasteiger partial charge in [0.25, 0.3) is 0 Å². The Balaban J connectivity index is 1.60. The first-order valence-electron chi connectivity index (χ1n) is 10.2. The summed E-state index contributed by atoms with van der Waals surface area (Å²) in [5.41, 5.74) is 1.09. The lowest BCUT2D eigenvalue weighted by molar-refractivity contribution is -0.127. The van der Waals surface area contributed by atoms with Gasteiger partial charge in [0.05, 0.1) is 6.10 Å². The van der Waals surface area contributed by atoms with E-state index in [1.807, 2.05) is 0 Å². The number of rotatable bonds is 1. The minimum absolute atomic E-state index is 0.0110. The largest absolute Gasteiger partial charge is 0.393 e. The van der Waals surface area contributed by atoms with Crippen LogP contribution in [0.4, 0.5) is 0 Å². The first-order valence-corrected chi connectivity index (χ1v) is 10.2. The third-order valence-electron chi connectivity index (χ3n) is 9.21. The van der Waals surface area contributed by atoms with Crippen molar-refractivity contribution in [2.45, 2.75) is 83.8 Å². The summed E-state index contributed by atoms with van der Waals surface area (Å²) >= 11 is 0. The predicted molar refractivity (Wildman–Crippen MR) is 95.2 cm³/mol. The van der Waals surface area contributed by atoms with Gasteiger partial charge in [-0.25, -0.2) is 0 Å². The quantitative estimate of drug-likeness (QED) is 0.778. The molecule has 0 aromatic heterocycles. The van der Waals surface area contributed by atoms with Gasteiger partial charge in [0.1, 0.15) is 0 Å². The molecule has 2 nitrogen and oxygen atoms in total. The Kier molecular flexibility index (Phi) is 3.89. The molecule has 4 aliphatic rings. The maximum absolute atomic E-state index is 10.1. The van der Waals surface area contributed by atoms with E-state index >= 15 is 0 Å². The molecule has 0 heterocycles. The van der Waals surface area contributed by atoms with E-state index in [2.05, 4.69) is 32.8 Å². The topological polar surface area (TPSA) is 23.5 Å². The van der Waals surface area contributed by atoms with Crippen LogP contribution in [0.5, 0.6) is 0 Å². The Bertz CT molecular complexity index is 463. The summed E-state index contributed by atoms with van der Waals surface area (Å²) in [5.74, 6) is 3.66. The molecule has 132 valence electrons. The van der Waals surface area contributed by atoms with Gasteiger partial charge < -0.3 is 10.0 Å². The van der Waals surface area contributed by atoms with Crippen LogP contribution in [0.3, 0.4) is 0 Å². The molecule has 0 bridgehead atoms. The molecule has 4 fully saturated rings. The van der Waals surface area contributed by atoms with Crippen LogP contribution in [-0.4, -0.2) is 36.2 Å². The minimum Gasteiger partial charge on any atom is -0.393 e. The summed E-state index contributed by atoms with van der Waals surface area (Å²) < 4.78 is 0. The highest BCUT2D eigenvalue weighted by molar-refractivity contribution is 5.10. The molecule has 0 radical (unpaired) electrons. The van der Waals surface area contributed by atoms with E-state index in [4.69, 9.17) is 0 Å². The van der Waals surface area contributed by atoms with Crippen LogP contribution >= 0.6 is 0 Å². The van der Waals surface area contributed by atoms with Gasteiger partial charge in [-0.2, -0.15) is 0 Å². The summed E-state index contributed by atoms with van der Waals surface area (Å²) in [5, 5.41) is 10.1. The molecule has 0 aromatic rings. The van der Waals surface area contributed by atoms with Crippen LogP contribution in [0.1, 0.15) is 71.6 Å². The molecule has 4 saturated carbocycles. The number of hydrogen-bond acceptors (Lipinski definition) is 2. The summed E-state index contributed by atoms with van der Waals surface area (Å²) in [6.07, 6.45) is 12.0. The number of aliphatic hydroxyl groups is 1. The summed E-state index contributed by atoms with van der Waals surface area (Å²) in [6.45, 7) is 5.21.